The maximum atomic E-state index is 3.52. The Kier molecular flexibility index (Phi) is 3.47. The van der Waals surface area contributed by atoms with Gasteiger partial charge in [-0.25, -0.2) is 0 Å². The van der Waals surface area contributed by atoms with Gasteiger partial charge in [0.2, 0.25) is 0 Å². The van der Waals surface area contributed by atoms with Crippen LogP contribution in [0.1, 0.15) is 27.7 Å². The lowest BCUT2D eigenvalue weighted by atomic mass is 9.84. The first-order valence-corrected chi connectivity index (χ1v) is 5.93. The molecule has 2 heteroatoms. The van der Waals surface area contributed by atoms with Crippen molar-refractivity contribution in [2.24, 2.45) is 11.8 Å². The third-order valence-corrected chi connectivity index (χ3v) is 5.04. The number of nitrogens with one attached hydrogen (secondary N) is 1. The van der Waals surface area contributed by atoms with E-state index in [-0.39, 0.29) is 0 Å². The van der Waals surface area contributed by atoms with Gasteiger partial charge >= 0.3 is 0 Å². The van der Waals surface area contributed by atoms with E-state index in [1.54, 1.807) is 0 Å². The summed E-state index contributed by atoms with van der Waals surface area (Å²) in [5.41, 5.74) is 0. The molecule has 1 heterocycles. The van der Waals surface area contributed by atoms with E-state index in [1.165, 1.54) is 18.8 Å². The van der Waals surface area contributed by atoms with Crippen LogP contribution in [0.15, 0.2) is 0 Å². The van der Waals surface area contributed by atoms with Crippen LogP contribution >= 0.6 is 11.8 Å². The molecule has 12 heavy (non-hydrogen) atoms. The van der Waals surface area contributed by atoms with E-state index in [1.807, 2.05) is 0 Å². The summed E-state index contributed by atoms with van der Waals surface area (Å²) < 4.78 is 0.484. The summed E-state index contributed by atoms with van der Waals surface area (Å²) in [7, 11) is 0. The molecule has 0 atom stereocenters. The monoisotopic (exact) mass is 187 g/mol. The maximum Gasteiger partial charge on any atom is 0.0330 e. The van der Waals surface area contributed by atoms with Crippen LogP contribution in [0.2, 0.25) is 0 Å². The molecule has 72 valence electrons. The molecule has 0 bridgehead atoms. The molecule has 1 saturated heterocycles. The maximum absolute atomic E-state index is 3.52. The van der Waals surface area contributed by atoms with Gasteiger partial charge in [0.25, 0.3) is 0 Å². The largest absolute Gasteiger partial charge is 0.315 e. The van der Waals surface area contributed by atoms with Gasteiger partial charge in [0.1, 0.15) is 0 Å². The average Bonchev–Trinajstić information content (AvgIpc) is 2.05. The lowest BCUT2D eigenvalue weighted by Crippen LogP contribution is -2.50. The Morgan fingerprint density at radius 1 is 1.17 bits per heavy atom. The fourth-order valence-corrected chi connectivity index (χ4v) is 3.55. The van der Waals surface area contributed by atoms with Crippen molar-refractivity contribution in [3.63, 3.8) is 0 Å². The van der Waals surface area contributed by atoms with Gasteiger partial charge < -0.3 is 5.32 Å². The zero-order valence-electron chi connectivity index (χ0n) is 8.68. The second-order valence-electron chi connectivity index (χ2n) is 4.29. The fourth-order valence-electron chi connectivity index (χ4n) is 2.06. The third kappa shape index (κ3) is 1.80. The van der Waals surface area contributed by atoms with Crippen LogP contribution < -0.4 is 5.32 Å². The van der Waals surface area contributed by atoms with Crippen molar-refractivity contribution >= 4 is 11.8 Å². The third-order valence-electron chi connectivity index (χ3n) is 3.01. The number of rotatable bonds is 2. The van der Waals surface area contributed by atoms with Crippen molar-refractivity contribution in [3.05, 3.63) is 0 Å². The van der Waals surface area contributed by atoms with Crippen LogP contribution in [-0.4, -0.2) is 23.6 Å². The second-order valence-corrected chi connectivity index (χ2v) is 5.75. The van der Waals surface area contributed by atoms with Gasteiger partial charge in [-0.3, -0.25) is 0 Å². The minimum absolute atomic E-state index is 0.484. The highest BCUT2D eigenvalue weighted by Crippen LogP contribution is 2.40. The van der Waals surface area contributed by atoms with Crippen LogP contribution in [0.3, 0.4) is 0 Å². The molecule has 0 unspecified atom stereocenters. The fraction of sp³-hybridized carbons (Fsp3) is 1.00. The van der Waals surface area contributed by atoms with E-state index >= 15 is 0 Å². The van der Waals surface area contributed by atoms with Crippen LogP contribution in [0.5, 0.6) is 0 Å². The molecule has 1 aliphatic rings. The Balaban J connectivity index is 2.70. The summed E-state index contributed by atoms with van der Waals surface area (Å²) in [6.45, 7) is 11.8. The van der Waals surface area contributed by atoms with Gasteiger partial charge in [0.05, 0.1) is 0 Å². The molecule has 1 nitrogen and oxygen atoms in total. The number of hydrogen-bond donors (Lipinski definition) is 1. The van der Waals surface area contributed by atoms with E-state index in [9.17, 15) is 0 Å². The normalized spacial score (nSPS) is 23.5. The predicted molar refractivity (Wildman–Crippen MR) is 57.7 cm³/mol. The van der Waals surface area contributed by atoms with Crippen molar-refractivity contribution in [2.75, 3.05) is 18.8 Å². The van der Waals surface area contributed by atoms with Gasteiger partial charge in [-0.1, -0.05) is 27.7 Å². The predicted octanol–water partition coefficient (Wildman–Crippen LogP) is 2.37. The Morgan fingerprint density at radius 2 is 1.75 bits per heavy atom. The Bertz CT molecular complexity index is 127. The van der Waals surface area contributed by atoms with Gasteiger partial charge in [0, 0.05) is 23.6 Å². The molecule has 1 rings (SSSR count). The van der Waals surface area contributed by atoms with Crippen molar-refractivity contribution in [2.45, 2.75) is 32.4 Å². The molecule has 0 amide bonds. The lowest BCUT2D eigenvalue weighted by molar-refractivity contribution is 0.314. The Hall–Kier alpha value is 0.310. The van der Waals surface area contributed by atoms with Crippen LogP contribution in [0.25, 0.3) is 0 Å². The van der Waals surface area contributed by atoms with Crippen LogP contribution in [0, 0.1) is 11.8 Å². The standard InChI is InChI=1S/C10H21NS/c1-8(2)10(9(3)4)7-11-5-6-12-10/h8-9,11H,5-7H2,1-4H3. The summed E-state index contributed by atoms with van der Waals surface area (Å²) in [6, 6.07) is 0. The average molecular weight is 187 g/mol. The molecule has 1 N–H and O–H groups in total. The molecular weight excluding hydrogens is 166 g/mol. The van der Waals surface area contributed by atoms with E-state index in [4.69, 9.17) is 0 Å². The van der Waals surface area contributed by atoms with E-state index in [0.29, 0.717) is 4.75 Å². The molecule has 0 aromatic heterocycles. The van der Waals surface area contributed by atoms with Crippen molar-refractivity contribution < 1.29 is 0 Å². The Morgan fingerprint density at radius 3 is 2.00 bits per heavy atom. The first-order valence-electron chi connectivity index (χ1n) is 4.94. The summed E-state index contributed by atoms with van der Waals surface area (Å²) in [5.74, 6) is 2.82. The smallest absolute Gasteiger partial charge is 0.0330 e. The highest BCUT2D eigenvalue weighted by atomic mass is 32.2. The van der Waals surface area contributed by atoms with Crippen molar-refractivity contribution in [1.82, 2.24) is 5.32 Å². The summed E-state index contributed by atoms with van der Waals surface area (Å²) in [5, 5.41) is 3.52. The summed E-state index contributed by atoms with van der Waals surface area (Å²) >= 11 is 2.16. The van der Waals surface area contributed by atoms with Crippen molar-refractivity contribution in [3.8, 4) is 0 Å². The molecule has 0 radical (unpaired) electrons. The first kappa shape index (κ1) is 10.4. The molecular formula is C10H21NS. The van der Waals surface area contributed by atoms with Gasteiger partial charge in [-0.2, -0.15) is 11.8 Å². The zero-order chi connectivity index (χ0) is 9.19. The SMILES string of the molecule is CC(C)C1(C(C)C)CNCCS1. The zero-order valence-corrected chi connectivity index (χ0v) is 9.50. The number of thioether (sulfide) groups is 1. The molecule has 0 saturated carbocycles. The molecule has 1 fully saturated rings. The Labute approximate surface area is 80.7 Å². The van der Waals surface area contributed by atoms with Gasteiger partial charge in [-0.15, -0.1) is 0 Å². The summed E-state index contributed by atoms with van der Waals surface area (Å²) in [6.07, 6.45) is 0. The number of hydrogen-bond acceptors (Lipinski definition) is 2. The minimum atomic E-state index is 0.484. The van der Waals surface area contributed by atoms with Gasteiger partial charge in [0.15, 0.2) is 0 Å². The first-order chi connectivity index (χ1) is 5.59. The minimum Gasteiger partial charge on any atom is -0.315 e. The molecule has 1 aliphatic heterocycles. The highest BCUT2D eigenvalue weighted by molar-refractivity contribution is 8.00. The van der Waals surface area contributed by atoms with E-state index in [0.717, 1.165) is 11.8 Å². The highest BCUT2D eigenvalue weighted by Gasteiger charge is 2.38. The van der Waals surface area contributed by atoms with Crippen LogP contribution in [-0.2, 0) is 0 Å². The van der Waals surface area contributed by atoms with Crippen LogP contribution in [0.4, 0.5) is 0 Å². The molecule has 0 aromatic carbocycles. The second kappa shape index (κ2) is 4.01. The lowest BCUT2D eigenvalue weighted by Gasteiger charge is -2.44. The molecule has 0 aromatic rings. The molecule has 0 aliphatic carbocycles. The van der Waals surface area contributed by atoms with E-state index < -0.39 is 0 Å². The van der Waals surface area contributed by atoms with Gasteiger partial charge in [-0.05, 0) is 11.8 Å². The molecule has 0 spiro atoms. The summed E-state index contributed by atoms with van der Waals surface area (Å²) in [4.78, 5) is 0. The quantitative estimate of drug-likeness (QED) is 0.712. The van der Waals surface area contributed by atoms with Crippen molar-refractivity contribution in [1.29, 1.82) is 0 Å². The van der Waals surface area contributed by atoms with E-state index in [2.05, 4.69) is 44.8 Å². The topological polar surface area (TPSA) is 12.0 Å².